The van der Waals surface area contributed by atoms with Crippen molar-refractivity contribution in [3.05, 3.63) is 57.5 Å². The molecule has 0 aliphatic carbocycles. The molecule has 1 unspecified atom stereocenters. The van der Waals surface area contributed by atoms with Crippen molar-refractivity contribution in [2.75, 3.05) is 0 Å². The minimum Gasteiger partial charge on any atom is -0.475 e. The first-order chi connectivity index (χ1) is 8.50. The highest BCUT2D eigenvalue weighted by atomic mass is 35.5. The summed E-state index contributed by atoms with van der Waals surface area (Å²) in [5.74, 6) is -1.36. The third-order valence-electron chi connectivity index (χ3n) is 2.38. The molecule has 0 bridgehead atoms. The van der Waals surface area contributed by atoms with Crippen LogP contribution >= 0.6 is 23.2 Å². The number of carbonyl (C=O) groups is 1. The molecule has 1 heterocycles. The van der Waals surface area contributed by atoms with Crippen LogP contribution < -0.4 is 0 Å². The van der Waals surface area contributed by atoms with Crippen molar-refractivity contribution in [3.8, 4) is 0 Å². The summed E-state index contributed by atoms with van der Waals surface area (Å²) in [6.07, 6.45) is -1.16. The second kappa shape index (κ2) is 5.02. The van der Waals surface area contributed by atoms with Crippen molar-refractivity contribution in [2.45, 2.75) is 6.10 Å². The molecule has 94 valence electrons. The number of aliphatic hydroxyl groups excluding tert-OH is 1. The molecule has 0 aliphatic heterocycles. The lowest BCUT2D eigenvalue weighted by molar-refractivity contribution is 0.0655. The Morgan fingerprint density at radius 2 is 1.94 bits per heavy atom. The van der Waals surface area contributed by atoms with Crippen molar-refractivity contribution in [1.82, 2.24) is 0 Å². The Balaban J connectivity index is 2.38. The number of benzene rings is 1. The van der Waals surface area contributed by atoms with E-state index in [2.05, 4.69) is 0 Å². The van der Waals surface area contributed by atoms with Crippen LogP contribution in [0, 0.1) is 0 Å². The molecule has 1 aromatic heterocycles. The smallest absolute Gasteiger partial charge is 0.371 e. The monoisotopic (exact) mass is 286 g/mol. The highest BCUT2D eigenvalue weighted by Gasteiger charge is 2.20. The van der Waals surface area contributed by atoms with Gasteiger partial charge in [-0.15, -0.1) is 0 Å². The summed E-state index contributed by atoms with van der Waals surface area (Å²) >= 11 is 11.8. The van der Waals surface area contributed by atoms with Gasteiger partial charge in [0.2, 0.25) is 5.76 Å². The third-order valence-corrected chi connectivity index (χ3v) is 3.22. The number of furan rings is 1. The fourth-order valence-electron chi connectivity index (χ4n) is 1.50. The summed E-state index contributed by atoms with van der Waals surface area (Å²) in [7, 11) is 0. The van der Waals surface area contributed by atoms with E-state index in [0.717, 1.165) is 0 Å². The molecule has 0 fully saturated rings. The van der Waals surface area contributed by atoms with Crippen LogP contribution in [0.2, 0.25) is 10.0 Å². The van der Waals surface area contributed by atoms with E-state index in [1.54, 1.807) is 18.2 Å². The van der Waals surface area contributed by atoms with E-state index in [4.69, 9.17) is 32.7 Å². The second-order valence-electron chi connectivity index (χ2n) is 3.55. The molecule has 0 saturated carbocycles. The average Bonchev–Trinajstić information content (AvgIpc) is 2.81. The molecule has 0 aliphatic rings. The van der Waals surface area contributed by atoms with Crippen LogP contribution in [0.1, 0.15) is 28.0 Å². The first kappa shape index (κ1) is 13.0. The van der Waals surface area contributed by atoms with E-state index in [0.29, 0.717) is 10.6 Å². The number of halogens is 2. The maximum Gasteiger partial charge on any atom is 0.371 e. The van der Waals surface area contributed by atoms with Gasteiger partial charge in [-0.05, 0) is 18.2 Å². The van der Waals surface area contributed by atoms with Crippen molar-refractivity contribution in [3.63, 3.8) is 0 Å². The predicted molar refractivity (Wildman–Crippen MR) is 66.2 cm³/mol. The Hall–Kier alpha value is -1.49. The van der Waals surface area contributed by atoms with Gasteiger partial charge in [-0.3, -0.25) is 0 Å². The molecule has 6 heteroatoms. The fourth-order valence-corrected chi connectivity index (χ4v) is 1.91. The quantitative estimate of drug-likeness (QED) is 0.908. The molecule has 0 radical (unpaired) electrons. The van der Waals surface area contributed by atoms with Crippen molar-refractivity contribution in [2.24, 2.45) is 0 Å². The summed E-state index contributed by atoms with van der Waals surface area (Å²) in [4.78, 5) is 10.7. The minimum atomic E-state index is -1.20. The van der Waals surface area contributed by atoms with Crippen LogP contribution in [0.5, 0.6) is 0 Å². The topological polar surface area (TPSA) is 70.7 Å². The molecule has 1 atom stereocenters. The van der Waals surface area contributed by atoms with Gasteiger partial charge >= 0.3 is 5.97 Å². The van der Waals surface area contributed by atoms with Gasteiger partial charge in [-0.2, -0.15) is 0 Å². The van der Waals surface area contributed by atoms with Gasteiger partial charge in [0, 0.05) is 5.56 Å². The summed E-state index contributed by atoms with van der Waals surface area (Å²) in [6, 6.07) is 7.45. The Bertz CT molecular complexity index is 592. The van der Waals surface area contributed by atoms with Gasteiger partial charge < -0.3 is 14.6 Å². The van der Waals surface area contributed by atoms with E-state index in [9.17, 15) is 9.90 Å². The van der Waals surface area contributed by atoms with Crippen LogP contribution in [-0.2, 0) is 0 Å². The zero-order valence-corrected chi connectivity index (χ0v) is 10.4. The summed E-state index contributed by atoms with van der Waals surface area (Å²) in [6.45, 7) is 0. The zero-order chi connectivity index (χ0) is 13.3. The van der Waals surface area contributed by atoms with Crippen LogP contribution in [0.25, 0.3) is 0 Å². The predicted octanol–water partition coefficient (Wildman–Crippen LogP) is 3.37. The standard InChI is InChI=1S/C12H8Cl2O4/c13-7-3-1-2-6(10(7)14)11(15)8-4-5-9(18-8)12(16)17/h1-5,11,15H,(H,16,17). The number of carboxylic acids is 1. The lowest BCUT2D eigenvalue weighted by Crippen LogP contribution is -1.99. The molecule has 18 heavy (non-hydrogen) atoms. The molecule has 4 nitrogen and oxygen atoms in total. The molecular weight excluding hydrogens is 279 g/mol. The number of carboxylic acid groups (broad SMARTS) is 1. The molecule has 2 rings (SSSR count). The van der Waals surface area contributed by atoms with Gasteiger partial charge in [0.05, 0.1) is 10.0 Å². The maximum absolute atomic E-state index is 10.7. The minimum absolute atomic E-state index is 0.0940. The van der Waals surface area contributed by atoms with E-state index in [-0.39, 0.29) is 16.5 Å². The van der Waals surface area contributed by atoms with Gasteiger partial charge in [0.1, 0.15) is 11.9 Å². The molecule has 2 aromatic rings. The third kappa shape index (κ3) is 2.36. The normalized spacial score (nSPS) is 12.4. The highest BCUT2D eigenvalue weighted by Crippen LogP contribution is 2.33. The fraction of sp³-hybridized carbons (Fsp3) is 0.0833. The van der Waals surface area contributed by atoms with Gasteiger partial charge in [-0.25, -0.2) is 4.79 Å². The Kier molecular flexibility index (Phi) is 3.61. The van der Waals surface area contributed by atoms with E-state index < -0.39 is 12.1 Å². The number of aliphatic hydroxyl groups is 1. The summed E-state index contributed by atoms with van der Waals surface area (Å²) in [5.41, 5.74) is 0.357. The lowest BCUT2D eigenvalue weighted by atomic mass is 10.1. The van der Waals surface area contributed by atoms with Gasteiger partial charge in [0.25, 0.3) is 0 Å². The first-order valence-corrected chi connectivity index (χ1v) is 5.71. The first-order valence-electron chi connectivity index (χ1n) is 4.95. The molecule has 1 aromatic carbocycles. The van der Waals surface area contributed by atoms with Crippen LogP contribution in [0.3, 0.4) is 0 Å². The Morgan fingerprint density at radius 1 is 1.22 bits per heavy atom. The second-order valence-corrected chi connectivity index (χ2v) is 4.34. The zero-order valence-electron chi connectivity index (χ0n) is 8.93. The maximum atomic E-state index is 10.7. The van der Waals surface area contributed by atoms with Crippen molar-refractivity contribution in [1.29, 1.82) is 0 Å². The number of rotatable bonds is 3. The molecule has 2 N–H and O–H groups in total. The molecule has 0 amide bonds. The van der Waals surface area contributed by atoms with Crippen molar-refractivity contribution >= 4 is 29.2 Å². The Labute approximate surface area is 112 Å². The van der Waals surface area contributed by atoms with E-state index in [1.807, 2.05) is 0 Å². The van der Waals surface area contributed by atoms with Gasteiger partial charge in [0.15, 0.2) is 0 Å². The van der Waals surface area contributed by atoms with Gasteiger partial charge in [-0.1, -0.05) is 35.3 Å². The van der Waals surface area contributed by atoms with Crippen LogP contribution in [0.15, 0.2) is 34.7 Å². The lowest BCUT2D eigenvalue weighted by Gasteiger charge is -2.10. The number of hydrogen-bond donors (Lipinski definition) is 2. The summed E-state index contributed by atoms with van der Waals surface area (Å²) in [5, 5.41) is 19.3. The van der Waals surface area contributed by atoms with Crippen LogP contribution in [0.4, 0.5) is 0 Å². The molecule has 0 spiro atoms. The van der Waals surface area contributed by atoms with E-state index >= 15 is 0 Å². The SMILES string of the molecule is O=C(O)c1ccc(C(O)c2cccc(Cl)c2Cl)o1. The molecule has 0 saturated heterocycles. The van der Waals surface area contributed by atoms with Crippen LogP contribution in [-0.4, -0.2) is 16.2 Å². The highest BCUT2D eigenvalue weighted by molar-refractivity contribution is 6.42. The average molecular weight is 287 g/mol. The molecular formula is C12H8Cl2O4. The number of aromatic carboxylic acids is 1. The van der Waals surface area contributed by atoms with E-state index in [1.165, 1.54) is 12.1 Å². The summed E-state index contributed by atoms with van der Waals surface area (Å²) < 4.78 is 5.00. The number of hydrogen-bond acceptors (Lipinski definition) is 3. The van der Waals surface area contributed by atoms with Crippen molar-refractivity contribution < 1.29 is 19.4 Å². The largest absolute Gasteiger partial charge is 0.475 e. The Morgan fingerprint density at radius 3 is 2.56 bits per heavy atom.